The third-order valence-corrected chi connectivity index (χ3v) is 11.5. The van der Waals surface area contributed by atoms with Gasteiger partial charge in [0.25, 0.3) is 0 Å². The zero-order valence-electron chi connectivity index (χ0n) is 20.3. The van der Waals surface area contributed by atoms with E-state index in [0.29, 0.717) is 10.8 Å². The number of rotatable bonds is 6. The monoisotopic (exact) mass is 402 g/mol. The lowest BCUT2D eigenvalue weighted by Gasteiger charge is -2.62. The molecule has 0 aromatic heterocycles. The highest BCUT2D eigenvalue weighted by Gasteiger charge is 2.61. The Kier molecular flexibility index (Phi) is 6.22. The van der Waals surface area contributed by atoms with Gasteiger partial charge in [0.2, 0.25) is 0 Å². The minimum Gasteiger partial charge on any atom is -0.390 e. The van der Waals surface area contributed by atoms with Gasteiger partial charge in [0.05, 0.1) is 5.60 Å². The van der Waals surface area contributed by atoms with Crippen molar-refractivity contribution in [2.24, 2.45) is 46.3 Å². The first-order valence-electron chi connectivity index (χ1n) is 13.5. The summed E-state index contributed by atoms with van der Waals surface area (Å²) in [6.45, 7) is 12.5. The van der Waals surface area contributed by atoms with Crippen LogP contribution in [0.4, 0.5) is 0 Å². The molecule has 1 nitrogen and oxygen atoms in total. The number of aliphatic hydroxyl groups is 1. The van der Waals surface area contributed by atoms with Gasteiger partial charge in [0.1, 0.15) is 0 Å². The molecular formula is C28H50O. The van der Waals surface area contributed by atoms with E-state index in [1.807, 2.05) is 0 Å². The Labute approximate surface area is 181 Å². The summed E-state index contributed by atoms with van der Waals surface area (Å²) in [7, 11) is 0. The highest BCUT2D eigenvalue weighted by atomic mass is 16.3. The molecule has 0 radical (unpaired) electrons. The van der Waals surface area contributed by atoms with Crippen molar-refractivity contribution < 1.29 is 5.11 Å². The van der Waals surface area contributed by atoms with Crippen molar-refractivity contribution in [1.82, 2.24) is 0 Å². The topological polar surface area (TPSA) is 20.2 Å². The summed E-state index contributed by atoms with van der Waals surface area (Å²) in [6, 6.07) is 0. The number of fused-ring (bicyclic) bond motifs is 5. The van der Waals surface area contributed by atoms with E-state index >= 15 is 0 Å². The van der Waals surface area contributed by atoms with Crippen molar-refractivity contribution >= 4 is 0 Å². The summed E-state index contributed by atoms with van der Waals surface area (Å²) >= 11 is 0. The number of hydrogen-bond acceptors (Lipinski definition) is 1. The second kappa shape index (κ2) is 8.14. The largest absolute Gasteiger partial charge is 0.390 e. The Balaban J connectivity index is 1.48. The first kappa shape index (κ1) is 22.2. The van der Waals surface area contributed by atoms with Crippen molar-refractivity contribution in [3.8, 4) is 0 Å². The first-order valence-corrected chi connectivity index (χ1v) is 13.5. The molecule has 1 N–H and O–H groups in total. The minimum absolute atomic E-state index is 0.355. The lowest BCUT2D eigenvalue weighted by molar-refractivity contribution is -0.152. The van der Waals surface area contributed by atoms with Gasteiger partial charge in [-0.05, 0) is 111 Å². The van der Waals surface area contributed by atoms with Gasteiger partial charge in [-0.15, -0.1) is 0 Å². The molecule has 0 spiro atoms. The lowest BCUT2D eigenvalue weighted by Crippen LogP contribution is -2.56. The summed E-state index contributed by atoms with van der Waals surface area (Å²) in [5, 5.41) is 11.0. The van der Waals surface area contributed by atoms with Crippen LogP contribution in [-0.4, -0.2) is 10.7 Å². The fourth-order valence-electron chi connectivity index (χ4n) is 9.54. The van der Waals surface area contributed by atoms with Gasteiger partial charge in [-0.2, -0.15) is 0 Å². The number of unbranched alkanes of at least 4 members (excludes halogenated alkanes) is 2. The molecule has 4 saturated carbocycles. The van der Waals surface area contributed by atoms with E-state index in [-0.39, 0.29) is 5.60 Å². The molecule has 0 amide bonds. The van der Waals surface area contributed by atoms with Crippen LogP contribution in [0.5, 0.6) is 0 Å². The van der Waals surface area contributed by atoms with Crippen LogP contribution in [0.25, 0.3) is 0 Å². The predicted octanol–water partition coefficient (Wildman–Crippen LogP) is 8.00. The van der Waals surface area contributed by atoms with Crippen LogP contribution in [-0.2, 0) is 0 Å². The average Bonchev–Trinajstić information content (AvgIpc) is 3.06. The van der Waals surface area contributed by atoms with Gasteiger partial charge in [-0.3, -0.25) is 0 Å². The highest BCUT2D eigenvalue weighted by Crippen LogP contribution is 2.69. The maximum atomic E-state index is 11.0. The summed E-state index contributed by atoms with van der Waals surface area (Å²) in [6.07, 6.45) is 18.9. The summed E-state index contributed by atoms with van der Waals surface area (Å²) < 4.78 is 0. The zero-order valence-corrected chi connectivity index (χ0v) is 20.3. The fourth-order valence-corrected chi connectivity index (χ4v) is 9.54. The molecule has 9 atom stereocenters. The molecule has 0 heterocycles. The van der Waals surface area contributed by atoms with Crippen molar-refractivity contribution in [3.05, 3.63) is 0 Å². The highest BCUT2D eigenvalue weighted by molar-refractivity contribution is 5.10. The van der Waals surface area contributed by atoms with Crippen LogP contribution in [0, 0.1) is 46.3 Å². The number of hydrogen-bond donors (Lipinski definition) is 1. The fraction of sp³-hybridized carbons (Fsp3) is 1.00. The Morgan fingerprint density at radius 3 is 2.34 bits per heavy atom. The quantitative estimate of drug-likeness (QED) is 0.446. The molecule has 1 heteroatoms. The summed E-state index contributed by atoms with van der Waals surface area (Å²) in [4.78, 5) is 0. The van der Waals surface area contributed by atoms with Gasteiger partial charge in [0.15, 0.2) is 0 Å². The van der Waals surface area contributed by atoms with Gasteiger partial charge in [0, 0.05) is 0 Å². The van der Waals surface area contributed by atoms with Gasteiger partial charge in [-0.25, -0.2) is 0 Å². The third-order valence-electron chi connectivity index (χ3n) is 11.5. The molecule has 0 aromatic carbocycles. The molecule has 0 bridgehead atoms. The smallest absolute Gasteiger partial charge is 0.0648 e. The second-order valence-corrected chi connectivity index (χ2v) is 12.6. The van der Waals surface area contributed by atoms with E-state index in [4.69, 9.17) is 0 Å². The molecular weight excluding hydrogens is 352 g/mol. The SMILES string of the molecule is CCCCC[C@@H](C)[C@H]1CC[C@H]2[C@@H]3CC[C@H]4C[C@](O)(CC)CC[C@]4(C)[C@H]3CC[C@]12C. The van der Waals surface area contributed by atoms with Crippen LogP contribution >= 0.6 is 0 Å². The molecule has 4 rings (SSSR count). The first-order chi connectivity index (χ1) is 13.8. The van der Waals surface area contributed by atoms with E-state index in [2.05, 4.69) is 34.6 Å². The molecule has 0 saturated heterocycles. The van der Waals surface area contributed by atoms with Gasteiger partial charge >= 0.3 is 0 Å². The van der Waals surface area contributed by atoms with Gasteiger partial charge < -0.3 is 5.11 Å². The Morgan fingerprint density at radius 2 is 1.62 bits per heavy atom. The van der Waals surface area contributed by atoms with Crippen LogP contribution in [0.2, 0.25) is 0 Å². The van der Waals surface area contributed by atoms with Crippen molar-refractivity contribution in [2.45, 2.75) is 130 Å². The lowest BCUT2D eigenvalue weighted by atomic mass is 9.43. The standard InChI is InChI=1S/C28H50O/c1-6-8-9-10-20(3)23-13-14-24-22-12-11-21-19-28(29,7-2)18-17-26(21,4)25(22)15-16-27(23,24)5/h20-25,29H,6-19H2,1-5H3/t20-,21+,22+,23-,24+,25+,26+,27-,28+/m1/s1. The Morgan fingerprint density at radius 1 is 0.862 bits per heavy atom. The van der Waals surface area contributed by atoms with E-state index in [1.165, 1.54) is 70.6 Å². The Bertz CT molecular complexity index is 571. The summed E-state index contributed by atoms with van der Waals surface area (Å²) in [5.74, 6) is 5.59. The van der Waals surface area contributed by atoms with Crippen LogP contribution < -0.4 is 0 Å². The van der Waals surface area contributed by atoms with Crippen molar-refractivity contribution in [3.63, 3.8) is 0 Å². The van der Waals surface area contributed by atoms with E-state index in [0.717, 1.165) is 54.8 Å². The van der Waals surface area contributed by atoms with E-state index < -0.39 is 0 Å². The van der Waals surface area contributed by atoms with Crippen molar-refractivity contribution in [2.75, 3.05) is 0 Å². The van der Waals surface area contributed by atoms with E-state index in [9.17, 15) is 5.11 Å². The molecule has 4 fully saturated rings. The third kappa shape index (κ3) is 3.64. The van der Waals surface area contributed by atoms with E-state index in [1.54, 1.807) is 0 Å². The maximum absolute atomic E-state index is 11.0. The minimum atomic E-state index is -0.355. The molecule has 0 unspecified atom stereocenters. The van der Waals surface area contributed by atoms with Crippen LogP contribution in [0.15, 0.2) is 0 Å². The second-order valence-electron chi connectivity index (χ2n) is 12.6. The molecule has 4 aliphatic carbocycles. The average molecular weight is 403 g/mol. The van der Waals surface area contributed by atoms with Crippen LogP contribution in [0.1, 0.15) is 125 Å². The molecule has 4 aliphatic rings. The molecule has 0 aromatic rings. The van der Waals surface area contributed by atoms with Crippen LogP contribution in [0.3, 0.4) is 0 Å². The predicted molar refractivity (Wildman–Crippen MR) is 124 cm³/mol. The normalized spacial score (nSPS) is 50.5. The summed E-state index contributed by atoms with van der Waals surface area (Å²) in [5.41, 5.74) is 0.776. The zero-order chi connectivity index (χ0) is 20.9. The molecule has 29 heavy (non-hydrogen) atoms. The molecule has 0 aliphatic heterocycles. The molecule has 168 valence electrons. The Hall–Kier alpha value is -0.0400. The van der Waals surface area contributed by atoms with Gasteiger partial charge in [-0.1, -0.05) is 60.3 Å². The van der Waals surface area contributed by atoms with Crippen molar-refractivity contribution in [1.29, 1.82) is 0 Å². The maximum Gasteiger partial charge on any atom is 0.0648 e.